The highest BCUT2D eigenvalue weighted by Crippen LogP contribution is 2.28. The molecule has 2 rings (SSSR count). The standard InChI is InChI=1S/C14H18N4O/c1-9-4-5-12(19-3)11(6-9)13(18-15)14-16-7-10(2)8-17-14/h4-8,13,18H,15H2,1-3H3. The van der Waals surface area contributed by atoms with E-state index >= 15 is 0 Å². The number of nitrogens with one attached hydrogen (secondary N) is 1. The molecule has 1 aromatic heterocycles. The van der Waals surface area contributed by atoms with Crippen molar-refractivity contribution >= 4 is 0 Å². The first-order valence-electron chi connectivity index (χ1n) is 6.05. The van der Waals surface area contributed by atoms with E-state index in [2.05, 4.69) is 15.4 Å². The molecule has 0 aliphatic carbocycles. The largest absolute Gasteiger partial charge is 0.496 e. The summed E-state index contributed by atoms with van der Waals surface area (Å²) in [4.78, 5) is 8.64. The zero-order valence-corrected chi connectivity index (χ0v) is 11.3. The molecule has 1 heterocycles. The number of aromatic nitrogens is 2. The zero-order valence-electron chi connectivity index (χ0n) is 11.3. The van der Waals surface area contributed by atoms with Crippen molar-refractivity contribution in [2.75, 3.05) is 7.11 Å². The lowest BCUT2D eigenvalue weighted by atomic mass is 10.0. The molecule has 1 atom stereocenters. The van der Waals surface area contributed by atoms with Gasteiger partial charge in [0.1, 0.15) is 11.8 Å². The molecule has 100 valence electrons. The average Bonchev–Trinajstić information content (AvgIpc) is 2.42. The van der Waals surface area contributed by atoms with Gasteiger partial charge in [-0.1, -0.05) is 17.7 Å². The number of rotatable bonds is 4. The fraction of sp³-hybridized carbons (Fsp3) is 0.286. The predicted octanol–water partition coefficient (Wildman–Crippen LogP) is 1.65. The molecule has 5 heteroatoms. The fourth-order valence-corrected chi connectivity index (χ4v) is 1.93. The number of methoxy groups -OCH3 is 1. The van der Waals surface area contributed by atoms with Gasteiger partial charge in [-0.2, -0.15) is 0 Å². The second kappa shape index (κ2) is 5.77. The number of ether oxygens (including phenoxy) is 1. The normalized spacial score (nSPS) is 12.2. The topological polar surface area (TPSA) is 73.1 Å². The minimum Gasteiger partial charge on any atom is -0.496 e. The maximum atomic E-state index is 5.66. The summed E-state index contributed by atoms with van der Waals surface area (Å²) < 4.78 is 5.38. The molecule has 0 aliphatic rings. The van der Waals surface area contributed by atoms with Gasteiger partial charge in [-0.05, 0) is 25.5 Å². The van der Waals surface area contributed by atoms with Crippen LogP contribution in [0.15, 0.2) is 30.6 Å². The lowest BCUT2D eigenvalue weighted by molar-refractivity contribution is 0.403. The molecular weight excluding hydrogens is 240 g/mol. The van der Waals surface area contributed by atoms with Gasteiger partial charge in [0.15, 0.2) is 5.82 Å². The Labute approximate surface area is 112 Å². The van der Waals surface area contributed by atoms with Crippen molar-refractivity contribution in [2.45, 2.75) is 19.9 Å². The van der Waals surface area contributed by atoms with Crippen LogP contribution in [0.1, 0.15) is 28.6 Å². The van der Waals surface area contributed by atoms with Crippen LogP contribution < -0.4 is 16.0 Å². The Morgan fingerprint density at radius 2 is 1.84 bits per heavy atom. The molecule has 0 spiro atoms. The number of nitrogens with zero attached hydrogens (tertiary/aromatic N) is 2. The molecular formula is C14H18N4O. The van der Waals surface area contributed by atoms with E-state index in [1.54, 1.807) is 19.5 Å². The van der Waals surface area contributed by atoms with Crippen LogP contribution in [0.2, 0.25) is 0 Å². The van der Waals surface area contributed by atoms with Gasteiger partial charge in [-0.3, -0.25) is 5.84 Å². The molecule has 0 bridgehead atoms. The predicted molar refractivity (Wildman–Crippen MR) is 73.7 cm³/mol. The minimum atomic E-state index is -0.296. The van der Waals surface area contributed by atoms with Crippen molar-refractivity contribution < 1.29 is 4.74 Å². The number of hydrogen-bond donors (Lipinski definition) is 2. The molecule has 0 saturated carbocycles. The maximum absolute atomic E-state index is 5.66. The number of nitrogens with two attached hydrogens (primary N) is 1. The first-order valence-corrected chi connectivity index (χ1v) is 6.05. The molecule has 0 radical (unpaired) electrons. The Bertz CT molecular complexity index is 554. The second-order valence-corrected chi connectivity index (χ2v) is 4.46. The molecule has 2 aromatic rings. The van der Waals surface area contributed by atoms with Gasteiger partial charge in [-0.25, -0.2) is 15.4 Å². The van der Waals surface area contributed by atoms with Gasteiger partial charge in [0.25, 0.3) is 0 Å². The molecule has 0 aliphatic heterocycles. The summed E-state index contributed by atoms with van der Waals surface area (Å²) >= 11 is 0. The summed E-state index contributed by atoms with van der Waals surface area (Å²) in [6, 6.07) is 5.64. The smallest absolute Gasteiger partial charge is 0.151 e. The molecule has 0 amide bonds. The summed E-state index contributed by atoms with van der Waals surface area (Å²) in [5.41, 5.74) is 5.81. The van der Waals surface area contributed by atoms with Crippen molar-refractivity contribution in [2.24, 2.45) is 5.84 Å². The maximum Gasteiger partial charge on any atom is 0.151 e. The van der Waals surface area contributed by atoms with Crippen LogP contribution in [0.4, 0.5) is 0 Å². The van der Waals surface area contributed by atoms with Crippen molar-refractivity contribution in [1.82, 2.24) is 15.4 Å². The van der Waals surface area contributed by atoms with Crippen LogP contribution in [0.3, 0.4) is 0 Å². The third-order valence-electron chi connectivity index (χ3n) is 2.92. The Morgan fingerprint density at radius 1 is 1.16 bits per heavy atom. The third kappa shape index (κ3) is 2.89. The van der Waals surface area contributed by atoms with Crippen LogP contribution in [0.25, 0.3) is 0 Å². The second-order valence-electron chi connectivity index (χ2n) is 4.46. The summed E-state index contributed by atoms with van der Waals surface area (Å²) in [6.45, 7) is 3.97. The highest BCUT2D eigenvalue weighted by molar-refractivity contribution is 5.41. The van der Waals surface area contributed by atoms with Crippen molar-refractivity contribution in [3.8, 4) is 5.75 Å². The number of hydrazine groups is 1. The van der Waals surface area contributed by atoms with Gasteiger partial charge >= 0.3 is 0 Å². The molecule has 5 nitrogen and oxygen atoms in total. The van der Waals surface area contributed by atoms with Gasteiger partial charge in [0.2, 0.25) is 0 Å². The lowest BCUT2D eigenvalue weighted by Crippen LogP contribution is -2.30. The average molecular weight is 258 g/mol. The molecule has 1 unspecified atom stereocenters. The quantitative estimate of drug-likeness (QED) is 0.644. The highest BCUT2D eigenvalue weighted by Gasteiger charge is 2.19. The van der Waals surface area contributed by atoms with E-state index in [4.69, 9.17) is 10.6 Å². The number of aryl methyl sites for hydroxylation is 2. The van der Waals surface area contributed by atoms with E-state index in [1.165, 1.54) is 0 Å². The van der Waals surface area contributed by atoms with Gasteiger partial charge < -0.3 is 4.74 Å². The van der Waals surface area contributed by atoms with Crippen LogP contribution in [0, 0.1) is 13.8 Å². The van der Waals surface area contributed by atoms with Crippen LogP contribution in [-0.2, 0) is 0 Å². The van der Waals surface area contributed by atoms with Crippen molar-refractivity contribution in [1.29, 1.82) is 0 Å². The zero-order chi connectivity index (χ0) is 13.8. The Kier molecular flexibility index (Phi) is 4.09. The lowest BCUT2D eigenvalue weighted by Gasteiger charge is -2.18. The van der Waals surface area contributed by atoms with Gasteiger partial charge in [-0.15, -0.1) is 0 Å². The number of hydrogen-bond acceptors (Lipinski definition) is 5. The molecule has 0 saturated heterocycles. The van der Waals surface area contributed by atoms with E-state index in [0.29, 0.717) is 5.82 Å². The van der Waals surface area contributed by atoms with E-state index < -0.39 is 0 Å². The molecule has 0 fully saturated rings. The monoisotopic (exact) mass is 258 g/mol. The van der Waals surface area contributed by atoms with E-state index in [9.17, 15) is 0 Å². The summed E-state index contributed by atoms with van der Waals surface area (Å²) in [7, 11) is 1.64. The Morgan fingerprint density at radius 3 is 2.42 bits per heavy atom. The first kappa shape index (κ1) is 13.5. The fourth-order valence-electron chi connectivity index (χ4n) is 1.93. The van der Waals surface area contributed by atoms with Crippen LogP contribution in [0.5, 0.6) is 5.75 Å². The van der Waals surface area contributed by atoms with Crippen molar-refractivity contribution in [3.05, 3.63) is 53.1 Å². The molecule has 19 heavy (non-hydrogen) atoms. The van der Waals surface area contributed by atoms with Crippen molar-refractivity contribution in [3.63, 3.8) is 0 Å². The third-order valence-corrected chi connectivity index (χ3v) is 2.92. The Hall–Kier alpha value is -1.98. The van der Waals surface area contributed by atoms with Gasteiger partial charge in [0.05, 0.1) is 7.11 Å². The van der Waals surface area contributed by atoms with Crippen LogP contribution in [-0.4, -0.2) is 17.1 Å². The summed E-state index contributed by atoms with van der Waals surface area (Å²) in [5, 5.41) is 0. The molecule has 3 N–H and O–H groups in total. The van der Waals surface area contributed by atoms with E-state index in [-0.39, 0.29) is 6.04 Å². The Balaban J connectivity index is 2.47. The van der Waals surface area contributed by atoms with E-state index in [1.807, 2.05) is 32.0 Å². The number of benzene rings is 1. The van der Waals surface area contributed by atoms with Gasteiger partial charge in [0, 0.05) is 18.0 Å². The van der Waals surface area contributed by atoms with Crippen LogP contribution >= 0.6 is 0 Å². The molecule has 1 aromatic carbocycles. The van der Waals surface area contributed by atoms with E-state index in [0.717, 1.165) is 22.4 Å². The first-order chi connectivity index (χ1) is 9.15. The summed E-state index contributed by atoms with van der Waals surface area (Å²) in [5.74, 6) is 7.05. The minimum absolute atomic E-state index is 0.296. The summed E-state index contributed by atoms with van der Waals surface area (Å²) in [6.07, 6.45) is 3.55. The highest BCUT2D eigenvalue weighted by atomic mass is 16.5. The SMILES string of the molecule is COc1ccc(C)cc1C(NN)c1ncc(C)cn1.